The summed E-state index contributed by atoms with van der Waals surface area (Å²) in [6, 6.07) is 8.39. The summed E-state index contributed by atoms with van der Waals surface area (Å²) in [5.74, 6) is 0.679. The van der Waals surface area contributed by atoms with Crippen LogP contribution in [0.5, 0.6) is 0 Å². The quantitative estimate of drug-likeness (QED) is 0.915. The monoisotopic (exact) mass is 338 g/mol. The minimum Gasteiger partial charge on any atom is -0.371 e. The lowest BCUT2D eigenvalue weighted by Crippen LogP contribution is -2.38. The first-order valence-corrected chi connectivity index (χ1v) is 7.94. The van der Waals surface area contributed by atoms with E-state index in [1.165, 1.54) is 5.69 Å². The molecule has 0 radical (unpaired) electrons. The van der Waals surface area contributed by atoms with E-state index in [-0.39, 0.29) is 11.3 Å². The van der Waals surface area contributed by atoms with Crippen molar-refractivity contribution in [3.63, 3.8) is 0 Å². The van der Waals surface area contributed by atoms with E-state index in [1.54, 1.807) is 0 Å². The van der Waals surface area contributed by atoms with Crippen LogP contribution in [0.4, 0.5) is 5.69 Å². The zero-order valence-corrected chi connectivity index (χ0v) is 14.0. The topological polar surface area (TPSA) is 32.3 Å². The van der Waals surface area contributed by atoms with Crippen LogP contribution >= 0.6 is 15.9 Å². The SMILES string of the molecule is CC(C)(C)C(=O)NC[C@H]1CCN(c2cccc(Br)c2)C1. The molecule has 1 atom stereocenters. The second-order valence-electron chi connectivity index (χ2n) is 6.54. The van der Waals surface area contributed by atoms with E-state index in [9.17, 15) is 4.79 Å². The summed E-state index contributed by atoms with van der Waals surface area (Å²) in [7, 11) is 0. The summed E-state index contributed by atoms with van der Waals surface area (Å²) in [6.45, 7) is 8.70. The molecule has 4 heteroatoms. The molecular weight excluding hydrogens is 316 g/mol. The second kappa shape index (κ2) is 6.17. The van der Waals surface area contributed by atoms with Crippen molar-refractivity contribution in [1.29, 1.82) is 0 Å². The average molecular weight is 339 g/mol. The molecule has 1 aliphatic heterocycles. The molecule has 0 aliphatic carbocycles. The Hall–Kier alpha value is -1.03. The number of nitrogens with one attached hydrogen (secondary N) is 1. The van der Waals surface area contributed by atoms with Crippen molar-refractivity contribution in [2.24, 2.45) is 11.3 Å². The number of amides is 1. The van der Waals surface area contributed by atoms with Gasteiger partial charge in [-0.15, -0.1) is 0 Å². The van der Waals surface area contributed by atoms with Gasteiger partial charge in [-0.3, -0.25) is 4.79 Å². The van der Waals surface area contributed by atoms with E-state index >= 15 is 0 Å². The maximum absolute atomic E-state index is 11.9. The Morgan fingerprint density at radius 2 is 2.20 bits per heavy atom. The molecule has 1 fully saturated rings. The molecule has 1 amide bonds. The summed E-state index contributed by atoms with van der Waals surface area (Å²) in [6.07, 6.45) is 1.14. The van der Waals surface area contributed by atoms with E-state index in [0.717, 1.165) is 30.5 Å². The Kier molecular flexibility index (Phi) is 4.74. The van der Waals surface area contributed by atoms with Crippen LogP contribution < -0.4 is 10.2 Å². The van der Waals surface area contributed by atoms with Gasteiger partial charge in [0, 0.05) is 35.2 Å². The fourth-order valence-corrected chi connectivity index (χ4v) is 2.80. The number of benzene rings is 1. The predicted octanol–water partition coefficient (Wildman–Crippen LogP) is 3.44. The number of carbonyl (C=O) groups is 1. The average Bonchev–Trinajstić information content (AvgIpc) is 2.83. The first-order chi connectivity index (χ1) is 9.36. The fourth-order valence-electron chi connectivity index (χ4n) is 2.41. The van der Waals surface area contributed by atoms with Gasteiger partial charge in [-0.1, -0.05) is 42.8 Å². The van der Waals surface area contributed by atoms with Crippen LogP contribution in [0, 0.1) is 11.3 Å². The Morgan fingerprint density at radius 1 is 1.45 bits per heavy atom. The van der Waals surface area contributed by atoms with Crippen LogP contribution in [0.25, 0.3) is 0 Å². The van der Waals surface area contributed by atoms with Gasteiger partial charge in [0.2, 0.25) is 5.91 Å². The summed E-state index contributed by atoms with van der Waals surface area (Å²) in [5.41, 5.74) is 0.951. The maximum atomic E-state index is 11.9. The molecule has 0 spiro atoms. The van der Waals surface area contributed by atoms with E-state index < -0.39 is 0 Å². The molecule has 3 nitrogen and oxygen atoms in total. The lowest BCUT2D eigenvalue weighted by molar-refractivity contribution is -0.128. The molecule has 110 valence electrons. The number of hydrogen-bond acceptors (Lipinski definition) is 2. The van der Waals surface area contributed by atoms with E-state index in [4.69, 9.17) is 0 Å². The van der Waals surface area contributed by atoms with Gasteiger partial charge in [-0.25, -0.2) is 0 Å². The van der Waals surface area contributed by atoms with Crippen LogP contribution in [0.2, 0.25) is 0 Å². The number of halogens is 1. The summed E-state index contributed by atoms with van der Waals surface area (Å²) >= 11 is 3.51. The van der Waals surface area contributed by atoms with E-state index in [1.807, 2.05) is 26.8 Å². The predicted molar refractivity (Wildman–Crippen MR) is 86.9 cm³/mol. The van der Waals surface area contributed by atoms with Crippen molar-refractivity contribution in [1.82, 2.24) is 5.32 Å². The summed E-state index contributed by atoms with van der Waals surface area (Å²) in [4.78, 5) is 14.3. The highest BCUT2D eigenvalue weighted by Gasteiger charge is 2.26. The third-order valence-electron chi connectivity index (χ3n) is 3.69. The van der Waals surface area contributed by atoms with E-state index in [2.05, 4.69) is 44.3 Å². The number of carbonyl (C=O) groups excluding carboxylic acids is 1. The Morgan fingerprint density at radius 3 is 2.85 bits per heavy atom. The van der Waals surface area contributed by atoms with Crippen LogP contribution in [0.1, 0.15) is 27.2 Å². The van der Waals surface area contributed by atoms with Gasteiger partial charge in [0.05, 0.1) is 0 Å². The zero-order chi connectivity index (χ0) is 14.8. The number of hydrogen-bond donors (Lipinski definition) is 1. The molecule has 2 rings (SSSR count). The Labute approximate surface area is 129 Å². The minimum atomic E-state index is -0.303. The zero-order valence-electron chi connectivity index (χ0n) is 12.4. The molecule has 0 bridgehead atoms. The van der Waals surface area contributed by atoms with Crippen molar-refractivity contribution in [3.8, 4) is 0 Å². The van der Waals surface area contributed by atoms with Crippen molar-refractivity contribution in [2.45, 2.75) is 27.2 Å². The molecule has 1 aromatic rings. The molecule has 1 aromatic carbocycles. The molecule has 1 saturated heterocycles. The first-order valence-electron chi connectivity index (χ1n) is 7.15. The minimum absolute atomic E-state index is 0.137. The number of nitrogens with zero attached hydrogens (tertiary/aromatic N) is 1. The third kappa shape index (κ3) is 3.98. The van der Waals surface area contributed by atoms with Gasteiger partial charge in [-0.05, 0) is 30.5 Å². The summed E-state index contributed by atoms with van der Waals surface area (Å²) in [5, 5.41) is 3.07. The van der Waals surface area contributed by atoms with Gasteiger partial charge >= 0.3 is 0 Å². The number of anilines is 1. The van der Waals surface area contributed by atoms with Crippen molar-refractivity contribution < 1.29 is 4.79 Å². The van der Waals surface area contributed by atoms with Crippen molar-refractivity contribution in [3.05, 3.63) is 28.7 Å². The highest BCUT2D eigenvalue weighted by atomic mass is 79.9. The van der Waals surface area contributed by atoms with Crippen molar-refractivity contribution in [2.75, 3.05) is 24.5 Å². The number of rotatable bonds is 3. The van der Waals surface area contributed by atoms with Crippen LogP contribution in [0.3, 0.4) is 0 Å². The first kappa shape index (κ1) is 15.4. The molecular formula is C16H23BrN2O. The van der Waals surface area contributed by atoms with Gasteiger partial charge in [-0.2, -0.15) is 0 Å². The molecule has 20 heavy (non-hydrogen) atoms. The van der Waals surface area contributed by atoms with Crippen LogP contribution in [-0.2, 0) is 4.79 Å². The van der Waals surface area contributed by atoms with Crippen LogP contribution in [-0.4, -0.2) is 25.5 Å². The van der Waals surface area contributed by atoms with Gasteiger partial charge < -0.3 is 10.2 Å². The molecule has 1 heterocycles. The fraction of sp³-hybridized carbons (Fsp3) is 0.562. The summed E-state index contributed by atoms with van der Waals surface area (Å²) < 4.78 is 1.11. The van der Waals surface area contributed by atoms with E-state index in [0.29, 0.717) is 5.92 Å². The Balaban J connectivity index is 1.85. The standard InChI is InChI=1S/C16H23BrN2O/c1-16(2,3)15(20)18-10-12-7-8-19(11-12)14-6-4-5-13(17)9-14/h4-6,9,12H,7-8,10-11H2,1-3H3,(H,18,20)/t12-/m1/s1. The molecule has 1 N–H and O–H groups in total. The van der Waals surface area contributed by atoms with Gasteiger partial charge in [0.25, 0.3) is 0 Å². The lowest BCUT2D eigenvalue weighted by Gasteiger charge is -2.21. The molecule has 0 aromatic heterocycles. The molecule has 0 unspecified atom stereocenters. The van der Waals surface area contributed by atoms with Crippen molar-refractivity contribution >= 4 is 27.5 Å². The second-order valence-corrected chi connectivity index (χ2v) is 7.46. The van der Waals surface area contributed by atoms with Gasteiger partial charge in [0.15, 0.2) is 0 Å². The van der Waals surface area contributed by atoms with Gasteiger partial charge in [0.1, 0.15) is 0 Å². The van der Waals surface area contributed by atoms with Crippen LogP contribution in [0.15, 0.2) is 28.7 Å². The maximum Gasteiger partial charge on any atom is 0.225 e. The largest absolute Gasteiger partial charge is 0.371 e. The Bertz CT molecular complexity index is 482. The normalized spacial score (nSPS) is 19.2. The third-order valence-corrected chi connectivity index (χ3v) is 4.18. The lowest BCUT2D eigenvalue weighted by atomic mass is 9.95. The highest BCUT2D eigenvalue weighted by molar-refractivity contribution is 9.10. The highest BCUT2D eigenvalue weighted by Crippen LogP contribution is 2.26. The smallest absolute Gasteiger partial charge is 0.225 e. The molecule has 1 aliphatic rings. The molecule has 0 saturated carbocycles.